The van der Waals surface area contributed by atoms with Crippen LogP contribution in [0.15, 0.2) is 42.7 Å². The van der Waals surface area contributed by atoms with Crippen molar-refractivity contribution in [2.75, 3.05) is 18.0 Å². The molecule has 0 unspecified atom stereocenters. The number of hydrogen-bond donors (Lipinski definition) is 1. The summed E-state index contributed by atoms with van der Waals surface area (Å²) in [5, 5.41) is 15.5. The third kappa shape index (κ3) is 2.80. The van der Waals surface area contributed by atoms with E-state index in [1.165, 1.54) is 5.56 Å². The van der Waals surface area contributed by atoms with Crippen LogP contribution in [0.4, 0.5) is 5.69 Å². The van der Waals surface area contributed by atoms with Crippen molar-refractivity contribution in [2.24, 2.45) is 0 Å². The number of nitrogens with zero attached hydrogens (tertiary/aromatic N) is 5. The lowest BCUT2D eigenvalue weighted by Crippen LogP contribution is -2.55. The standard InChI is InChI=1S/C17H18N6O/c1-12-7-15(17-20-18-11-23(17)21-12)22-9-14(19-16(24)10-22)8-13-5-3-2-4-6-13/h2-7,11,14H,8-10H2,1H3,(H,19,24)/t14-/m0/s1. The average molecular weight is 322 g/mol. The Morgan fingerprint density at radius 2 is 2.12 bits per heavy atom. The average Bonchev–Trinajstić information content (AvgIpc) is 3.02. The van der Waals surface area contributed by atoms with E-state index in [4.69, 9.17) is 0 Å². The third-order valence-corrected chi connectivity index (χ3v) is 4.18. The summed E-state index contributed by atoms with van der Waals surface area (Å²) in [5.74, 6) is 0.0225. The Bertz CT molecular complexity index is 875. The Kier molecular flexibility index (Phi) is 3.60. The fourth-order valence-electron chi connectivity index (χ4n) is 3.19. The Morgan fingerprint density at radius 3 is 2.96 bits per heavy atom. The van der Waals surface area contributed by atoms with Gasteiger partial charge in [-0.1, -0.05) is 30.3 Å². The number of anilines is 1. The molecule has 7 heteroatoms. The Hall–Kier alpha value is -2.96. The molecule has 24 heavy (non-hydrogen) atoms. The predicted molar refractivity (Wildman–Crippen MR) is 89.8 cm³/mol. The van der Waals surface area contributed by atoms with Crippen molar-refractivity contribution in [1.82, 2.24) is 25.1 Å². The van der Waals surface area contributed by atoms with E-state index in [0.717, 1.165) is 24.3 Å². The van der Waals surface area contributed by atoms with Crippen molar-refractivity contribution in [3.05, 3.63) is 54.0 Å². The lowest BCUT2D eigenvalue weighted by Gasteiger charge is -2.34. The zero-order valence-corrected chi connectivity index (χ0v) is 13.4. The van der Waals surface area contributed by atoms with E-state index in [2.05, 4.69) is 37.6 Å². The fraction of sp³-hybridized carbons (Fsp3) is 0.294. The molecule has 0 saturated carbocycles. The molecule has 122 valence electrons. The maximum absolute atomic E-state index is 12.2. The molecule has 3 heterocycles. The van der Waals surface area contributed by atoms with Crippen LogP contribution in [0.2, 0.25) is 0 Å². The predicted octanol–water partition coefficient (Wildman–Crippen LogP) is 0.980. The van der Waals surface area contributed by atoms with Crippen LogP contribution >= 0.6 is 0 Å². The van der Waals surface area contributed by atoms with Gasteiger partial charge in [-0.2, -0.15) is 9.61 Å². The number of carbonyl (C=O) groups is 1. The minimum Gasteiger partial charge on any atom is -0.357 e. The largest absolute Gasteiger partial charge is 0.357 e. The highest BCUT2D eigenvalue weighted by molar-refractivity contribution is 5.85. The van der Waals surface area contributed by atoms with E-state index in [1.54, 1.807) is 10.8 Å². The molecule has 0 bridgehead atoms. The van der Waals surface area contributed by atoms with Crippen LogP contribution in [0.1, 0.15) is 11.3 Å². The molecule has 3 aromatic rings. The van der Waals surface area contributed by atoms with Crippen LogP contribution in [0.5, 0.6) is 0 Å². The summed E-state index contributed by atoms with van der Waals surface area (Å²) >= 11 is 0. The second-order valence-electron chi connectivity index (χ2n) is 6.10. The summed E-state index contributed by atoms with van der Waals surface area (Å²) in [4.78, 5) is 14.3. The van der Waals surface area contributed by atoms with Crippen LogP contribution < -0.4 is 10.2 Å². The molecule has 1 amide bonds. The topological polar surface area (TPSA) is 75.4 Å². The highest BCUT2D eigenvalue weighted by atomic mass is 16.2. The monoisotopic (exact) mass is 322 g/mol. The summed E-state index contributed by atoms with van der Waals surface area (Å²) < 4.78 is 1.66. The number of hydrogen-bond acceptors (Lipinski definition) is 5. The lowest BCUT2D eigenvalue weighted by atomic mass is 10.0. The van der Waals surface area contributed by atoms with Gasteiger partial charge in [0.15, 0.2) is 0 Å². The molecule has 2 aromatic heterocycles. The van der Waals surface area contributed by atoms with Crippen LogP contribution in [-0.4, -0.2) is 44.8 Å². The Morgan fingerprint density at radius 1 is 1.29 bits per heavy atom. The Balaban J connectivity index is 1.62. The first kappa shape index (κ1) is 14.6. The van der Waals surface area contributed by atoms with Crippen LogP contribution in [0.3, 0.4) is 0 Å². The number of piperazine rings is 1. The highest BCUT2D eigenvalue weighted by Crippen LogP contribution is 2.22. The zero-order chi connectivity index (χ0) is 16.5. The molecule has 7 nitrogen and oxygen atoms in total. The van der Waals surface area contributed by atoms with Gasteiger partial charge in [0.2, 0.25) is 11.6 Å². The van der Waals surface area contributed by atoms with Crippen molar-refractivity contribution in [2.45, 2.75) is 19.4 Å². The van der Waals surface area contributed by atoms with Crippen molar-refractivity contribution in [1.29, 1.82) is 0 Å². The normalized spacial score (nSPS) is 18.0. The summed E-state index contributed by atoms with van der Waals surface area (Å²) in [5.41, 5.74) is 3.65. The smallest absolute Gasteiger partial charge is 0.239 e. The molecule has 1 saturated heterocycles. The van der Waals surface area contributed by atoms with Gasteiger partial charge < -0.3 is 10.2 Å². The molecule has 1 atom stereocenters. The van der Waals surface area contributed by atoms with Crippen LogP contribution in [0.25, 0.3) is 5.65 Å². The van der Waals surface area contributed by atoms with Crippen LogP contribution in [-0.2, 0) is 11.2 Å². The molecular formula is C17H18N6O. The fourth-order valence-corrected chi connectivity index (χ4v) is 3.19. The number of nitrogens with one attached hydrogen (secondary N) is 1. The van der Waals surface area contributed by atoms with E-state index in [-0.39, 0.29) is 11.9 Å². The number of aryl methyl sites for hydroxylation is 1. The van der Waals surface area contributed by atoms with Crippen LogP contribution in [0, 0.1) is 6.92 Å². The van der Waals surface area contributed by atoms with E-state index in [0.29, 0.717) is 12.2 Å². The first-order chi connectivity index (χ1) is 11.7. The quantitative estimate of drug-likeness (QED) is 0.778. The van der Waals surface area contributed by atoms with E-state index < -0.39 is 0 Å². The molecule has 1 N–H and O–H groups in total. The third-order valence-electron chi connectivity index (χ3n) is 4.18. The van der Waals surface area contributed by atoms with Gasteiger partial charge in [-0.05, 0) is 25.0 Å². The number of amides is 1. The number of rotatable bonds is 3. The van der Waals surface area contributed by atoms with Gasteiger partial charge in [-0.3, -0.25) is 4.79 Å². The molecule has 1 aliphatic heterocycles. The summed E-state index contributed by atoms with van der Waals surface area (Å²) in [6.07, 6.45) is 2.38. The van der Waals surface area contributed by atoms with Gasteiger partial charge in [-0.25, -0.2) is 0 Å². The maximum atomic E-state index is 12.2. The van der Waals surface area contributed by atoms with Crippen molar-refractivity contribution in [3.63, 3.8) is 0 Å². The first-order valence-electron chi connectivity index (χ1n) is 7.95. The molecule has 1 fully saturated rings. The minimum absolute atomic E-state index is 0.0225. The minimum atomic E-state index is 0.0225. The van der Waals surface area contributed by atoms with Crippen molar-refractivity contribution < 1.29 is 4.79 Å². The van der Waals surface area contributed by atoms with Gasteiger partial charge in [-0.15, -0.1) is 10.2 Å². The number of fused-ring (bicyclic) bond motifs is 1. The van der Waals surface area contributed by atoms with E-state index >= 15 is 0 Å². The lowest BCUT2D eigenvalue weighted by molar-refractivity contribution is -0.121. The number of aromatic nitrogens is 4. The van der Waals surface area contributed by atoms with Gasteiger partial charge in [0.25, 0.3) is 0 Å². The second kappa shape index (κ2) is 5.92. The zero-order valence-electron chi connectivity index (χ0n) is 13.4. The SMILES string of the molecule is Cc1cc(N2CC(=O)N[C@@H](Cc3ccccc3)C2)c2nncn2n1. The van der Waals surface area contributed by atoms with Gasteiger partial charge in [0, 0.05) is 6.54 Å². The number of benzene rings is 1. The van der Waals surface area contributed by atoms with E-state index in [1.807, 2.05) is 31.2 Å². The molecule has 0 aliphatic carbocycles. The number of carbonyl (C=O) groups excluding carboxylic acids is 1. The summed E-state index contributed by atoms with van der Waals surface area (Å²) in [6.45, 7) is 2.97. The van der Waals surface area contributed by atoms with Crippen molar-refractivity contribution >= 4 is 17.2 Å². The van der Waals surface area contributed by atoms with Gasteiger partial charge in [0.05, 0.1) is 24.0 Å². The molecule has 0 radical (unpaired) electrons. The van der Waals surface area contributed by atoms with Gasteiger partial charge in [0.1, 0.15) is 6.33 Å². The molecular weight excluding hydrogens is 304 g/mol. The summed E-state index contributed by atoms with van der Waals surface area (Å²) in [7, 11) is 0. The van der Waals surface area contributed by atoms with E-state index in [9.17, 15) is 4.79 Å². The Labute approximate surface area is 139 Å². The van der Waals surface area contributed by atoms with Crippen molar-refractivity contribution in [3.8, 4) is 0 Å². The molecule has 4 rings (SSSR count). The summed E-state index contributed by atoms with van der Waals surface area (Å²) in [6, 6.07) is 12.2. The molecule has 0 spiro atoms. The second-order valence-corrected chi connectivity index (χ2v) is 6.10. The maximum Gasteiger partial charge on any atom is 0.239 e. The van der Waals surface area contributed by atoms with Gasteiger partial charge >= 0.3 is 0 Å². The molecule has 1 aliphatic rings. The highest BCUT2D eigenvalue weighted by Gasteiger charge is 2.27. The first-order valence-corrected chi connectivity index (χ1v) is 7.95. The molecule has 1 aromatic carbocycles.